The largest absolute Gasteiger partial charge is 0.493 e. The van der Waals surface area contributed by atoms with E-state index in [1.165, 1.54) is 11.1 Å². The lowest BCUT2D eigenvalue weighted by Gasteiger charge is -2.37. The Bertz CT molecular complexity index is 1130. The Morgan fingerprint density at radius 2 is 1.81 bits per heavy atom. The summed E-state index contributed by atoms with van der Waals surface area (Å²) in [6.45, 7) is 0.624. The fraction of sp³-hybridized carbons (Fsp3) is 0.231. The lowest BCUT2D eigenvalue weighted by molar-refractivity contribution is -0.385. The molecule has 0 amide bonds. The van der Waals surface area contributed by atoms with Gasteiger partial charge in [0.25, 0.3) is 5.69 Å². The van der Waals surface area contributed by atoms with Gasteiger partial charge in [0.1, 0.15) is 5.75 Å². The number of hydrogen-bond donors (Lipinski definition) is 1. The summed E-state index contributed by atoms with van der Waals surface area (Å²) in [6.07, 6.45) is 6.19. The summed E-state index contributed by atoms with van der Waals surface area (Å²) in [5, 5.41) is 15.2. The number of benzene rings is 3. The average Bonchev–Trinajstić information content (AvgIpc) is 3.30. The molecule has 156 valence electrons. The van der Waals surface area contributed by atoms with E-state index in [0.717, 1.165) is 29.8 Å². The van der Waals surface area contributed by atoms with Crippen molar-refractivity contribution in [1.29, 1.82) is 0 Å². The van der Waals surface area contributed by atoms with E-state index in [9.17, 15) is 10.1 Å². The summed E-state index contributed by atoms with van der Waals surface area (Å²) >= 11 is 0. The van der Waals surface area contributed by atoms with E-state index in [4.69, 9.17) is 4.74 Å². The molecule has 0 aromatic heterocycles. The van der Waals surface area contributed by atoms with Gasteiger partial charge in [0, 0.05) is 24.1 Å². The molecule has 3 aromatic carbocycles. The SMILES string of the molecule is O=[N+]([O-])c1ccccc1C1Nc2ccc(OCCc3ccccc3)cc2C2C=CCC21. The van der Waals surface area contributed by atoms with Crippen LogP contribution in [0.25, 0.3) is 0 Å². The van der Waals surface area contributed by atoms with Crippen molar-refractivity contribution in [2.75, 3.05) is 11.9 Å². The van der Waals surface area contributed by atoms with E-state index < -0.39 is 0 Å². The molecule has 3 aromatic rings. The number of allylic oxidation sites excluding steroid dienone is 2. The maximum Gasteiger partial charge on any atom is 0.274 e. The summed E-state index contributed by atoms with van der Waals surface area (Å²) in [6, 6.07) is 23.4. The minimum absolute atomic E-state index is 0.0982. The summed E-state index contributed by atoms with van der Waals surface area (Å²) in [5.74, 6) is 1.33. The second-order valence-electron chi connectivity index (χ2n) is 8.12. The molecule has 1 aliphatic carbocycles. The van der Waals surface area contributed by atoms with Gasteiger partial charge in [-0.05, 0) is 41.7 Å². The van der Waals surface area contributed by atoms with Crippen LogP contribution in [0.1, 0.15) is 35.1 Å². The highest BCUT2D eigenvalue weighted by Crippen LogP contribution is 2.51. The van der Waals surface area contributed by atoms with Crippen LogP contribution in [0.4, 0.5) is 11.4 Å². The second kappa shape index (κ2) is 8.26. The average molecular weight is 412 g/mol. The smallest absolute Gasteiger partial charge is 0.274 e. The molecule has 0 spiro atoms. The number of ether oxygens (including phenoxy) is 1. The third kappa shape index (κ3) is 3.79. The van der Waals surface area contributed by atoms with E-state index in [1.807, 2.05) is 42.5 Å². The summed E-state index contributed by atoms with van der Waals surface area (Å²) in [5.41, 5.74) is 4.40. The molecule has 0 saturated heterocycles. The Balaban J connectivity index is 1.39. The molecule has 5 rings (SSSR count). The normalized spacial score (nSPS) is 21.1. The molecule has 0 fully saturated rings. The predicted molar refractivity (Wildman–Crippen MR) is 122 cm³/mol. The zero-order valence-electron chi connectivity index (χ0n) is 17.1. The number of para-hydroxylation sites is 1. The molecule has 5 nitrogen and oxygen atoms in total. The van der Waals surface area contributed by atoms with Crippen LogP contribution in [0, 0.1) is 16.0 Å². The predicted octanol–water partition coefficient (Wildman–Crippen LogP) is 6.04. The standard InChI is InChI=1S/C26H24N2O3/c29-28(30)25-12-5-4-9-22(25)26-21-11-6-10-20(21)23-17-19(13-14-24(23)27-26)31-16-15-18-7-2-1-3-8-18/h1-10,12-14,17,20-21,26-27H,11,15-16H2. The molecule has 0 radical (unpaired) electrons. The third-order valence-electron chi connectivity index (χ3n) is 6.31. The first-order valence-electron chi connectivity index (χ1n) is 10.7. The quantitative estimate of drug-likeness (QED) is 0.304. The van der Waals surface area contributed by atoms with Crippen LogP contribution in [0.3, 0.4) is 0 Å². The van der Waals surface area contributed by atoms with Crippen LogP contribution in [-0.2, 0) is 6.42 Å². The van der Waals surface area contributed by atoms with Crippen LogP contribution < -0.4 is 10.1 Å². The number of nitro benzene ring substituents is 1. The van der Waals surface area contributed by atoms with E-state index in [0.29, 0.717) is 6.61 Å². The minimum Gasteiger partial charge on any atom is -0.493 e. The topological polar surface area (TPSA) is 64.4 Å². The van der Waals surface area contributed by atoms with E-state index in [-0.39, 0.29) is 28.5 Å². The Kier molecular flexibility index (Phi) is 5.16. The van der Waals surface area contributed by atoms with Crippen molar-refractivity contribution in [3.05, 3.63) is 112 Å². The number of fused-ring (bicyclic) bond motifs is 3. The van der Waals surface area contributed by atoms with Gasteiger partial charge in [-0.3, -0.25) is 10.1 Å². The Hall–Kier alpha value is -3.60. The van der Waals surface area contributed by atoms with Gasteiger partial charge >= 0.3 is 0 Å². The van der Waals surface area contributed by atoms with Gasteiger partial charge < -0.3 is 10.1 Å². The number of hydrogen-bond acceptors (Lipinski definition) is 4. The minimum atomic E-state index is -0.284. The van der Waals surface area contributed by atoms with Gasteiger partial charge in [0.2, 0.25) is 0 Å². The maximum atomic E-state index is 11.6. The van der Waals surface area contributed by atoms with Gasteiger partial charge in [-0.1, -0.05) is 60.7 Å². The lowest BCUT2D eigenvalue weighted by Crippen LogP contribution is -2.29. The highest BCUT2D eigenvalue weighted by molar-refractivity contribution is 5.63. The van der Waals surface area contributed by atoms with Crippen molar-refractivity contribution >= 4 is 11.4 Å². The van der Waals surface area contributed by atoms with Crippen molar-refractivity contribution in [2.45, 2.75) is 24.8 Å². The van der Waals surface area contributed by atoms with E-state index in [1.54, 1.807) is 12.1 Å². The molecule has 31 heavy (non-hydrogen) atoms. The summed E-state index contributed by atoms with van der Waals surface area (Å²) in [7, 11) is 0. The van der Waals surface area contributed by atoms with Crippen LogP contribution in [0.5, 0.6) is 5.75 Å². The zero-order chi connectivity index (χ0) is 21.2. The molecule has 3 unspecified atom stereocenters. The van der Waals surface area contributed by atoms with Crippen LogP contribution in [-0.4, -0.2) is 11.5 Å². The molecule has 1 aliphatic heterocycles. The van der Waals surface area contributed by atoms with Gasteiger partial charge in [0.05, 0.1) is 23.1 Å². The molecule has 5 heteroatoms. The van der Waals surface area contributed by atoms with Crippen molar-refractivity contribution < 1.29 is 9.66 Å². The molecule has 1 heterocycles. The van der Waals surface area contributed by atoms with Crippen LogP contribution in [0.2, 0.25) is 0 Å². The zero-order valence-corrected chi connectivity index (χ0v) is 17.1. The van der Waals surface area contributed by atoms with Gasteiger partial charge in [-0.2, -0.15) is 0 Å². The number of nitrogens with zero attached hydrogens (tertiary/aromatic N) is 1. The summed E-state index contributed by atoms with van der Waals surface area (Å²) < 4.78 is 6.05. The number of nitro groups is 1. The van der Waals surface area contributed by atoms with Crippen molar-refractivity contribution in [3.63, 3.8) is 0 Å². The van der Waals surface area contributed by atoms with E-state index in [2.05, 4.69) is 35.7 Å². The first-order valence-corrected chi connectivity index (χ1v) is 10.7. The Morgan fingerprint density at radius 1 is 1.00 bits per heavy atom. The highest BCUT2D eigenvalue weighted by Gasteiger charge is 2.40. The molecule has 3 atom stereocenters. The summed E-state index contributed by atoms with van der Waals surface area (Å²) in [4.78, 5) is 11.3. The van der Waals surface area contributed by atoms with Crippen molar-refractivity contribution in [2.24, 2.45) is 5.92 Å². The fourth-order valence-corrected chi connectivity index (χ4v) is 4.82. The lowest BCUT2D eigenvalue weighted by atomic mass is 9.76. The Labute approximate surface area is 181 Å². The number of nitrogens with one attached hydrogen (secondary N) is 1. The van der Waals surface area contributed by atoms with E-state index >= 15 is 0 Å². The maximum absolute atomic E-state index is 11.6. The van der Waals surface area contributed by atoms with Gasteiger partial charge in [0.15, 0.2) is 0 Å². The van der Waals surface area contributed by atoms with Crippen LogP contribution >= 0.6 is 0 Å². The second-order valence-corrected chi connectivity index (χ2v) is 8.12. The molecular weight excluding hydrogens is 388 g/mol. The first kappa shape index (κ1) is 19.4. The molecule has 1 N–H and O–H groups in total. The fourth-order valence-electron chi connectivity index (χ4n) is 4.82. The van der Waals surface area contributed by atoms with Crippen molar-refractivity contribution in [1.82, 2.24) is 0 Å². The molecule has 0 bridgehead atoms. The van der Waals surface area contributed by atoms with Crippen LogP contribution in [0.15, 0.2) is 84.9 Å². The third-order valence-corrected chi connectivity index (χ3v) is 6.31. The Morgan fingerprint density at radius 3 is 2.65 bits per heavy atom. The monoisotopic (exact) mass is 412 g/mol. The molecule has 0 saturated carbocycles. The number of anilines is 1. The first-order chi connectivity index (χ1) is 15.2. The van der Waals surface area contributed by atoms with Crippen molar-refractivity contribution in [3.8, 4) is 5.75 Å². The van der Waals surface area contributed by atoms with Gasteiger partial charge in [-0.25, -0.2) is 0 Å². The highest BCUT2D eigenvalue weighted by atomic mass is 16.6. The van der Waals surface area contributed by atoms with Gasteiger partial charge in [-0.15, -0.1) is 0 Å². The molecule has 2 aliphatic rings. The number of rotatable bonds is 6. The molecular formula is C26H24N2O3.